The maximum Gasteiger partial charge on any atom is 0.242 e. The number of hydrogen-bond donors (Lipinski definition) is 0. The molecule has 8 nitrogen and oxygen atoms in total. The van der Waals surface area contributed by atoms with Crippen molar-refractivity contribution in [1.29, 1.82) is 0 Å². The van der Waals surface area contributed by atoms with E-state index in [4.69, 9.17) is 13.9 Å². The van der Waals surface area contributed by atoms with Crippen molar-refractivity contribution in [2.24, 2.45) is 0 Å². The van der Waals surface area contributed by atoms with Crippen molar-refractivity contribution in [2.75, 3.05) is 39.9 Å². The average molecular weight is 324 g/mol. The zero-order valence-electron chi connectivity index (χ0n) is 13.9. The molecule has 8 heteroatoms. The number of morpholine rings is 1. The molecule has 0 aromatic carbocycles. The van der Waals surface area contributed by atoms with E-state index in [0.29, 0.717) is 44.7 Å². The SMILES string of the molecule is CC(C)c1nnc(COC2CN(C(=O)C3COCCN3C)C2)o1. The van der Waals surface area contributed by atoms with E-state index in [0.717, 1.165) is 6.54 Å². The number of aromatic nitrogens is 2. The fraction of sp³-hybridized carbons (Fsp3) is 0.800. The predicted molar refractivity (Wildman–Crippen MR) is 80.8 cm³/mol. The Hall–Kier alpha value is -1.51. The molecule has 128 valence electrons. The summed E-state index contributed by atoms with van der Waals surface area (Å²) in [6.07, 6.45) is 0.0307. The van der Waals surface area contributed by atoms with E-state index in [1.54, 1.807) is 0 Å². The molecule has 1 amide bonds. The molecule has 0 N–H and O–H groups in total. The smallest absolute Gasteiger partial charge is 0.242 e. The van der Waals surface area contributed by atoms with Crippen molar-refractivity contribution in [2.45, 2.75) is 38.5 Å². The number of rotatable bonds is 5. The Morgan fingerprint density at radius 3 is 2.83 bits per heavy atom. The van der Waals surface area contributed by atoms with Crippen LogP contribution in [0.4, 0.5) is 0 Å². The molecule has 2 aliphatic heterocycles. The molecular formula is C15H24N4O4. The van der Waals surface area contributed by atoms with Gasteiger partial charge in [-0.1, -0.05) is 13.8 Å². The predicted octanol–water partition coefficient (Wildman–Crippen LogP) is 0.251. The van der Waals surface area contributed by atoms with Crippen LogP contribution in [-0.2, 0) is 20.9 Å². The number of hydrogen-bond acceptors (Lipinski definition) is 7. The standard InChI is InChI=1S/C15H24N4O4/c1-10(2)14-17-16-13(23-14)9-22-11-6-19(7-11)15(20)12-8-21-5-4-18(12)3/h10-12H,4-9H2,1-3H3. The fourth-order valence-corrected chi connectivity index (χ4v) is 2.63. The average Bonchev–Trinajstić information content (AvgIpc) is 2.95. The van der Waals surface area contributed by atoms with Gasteiger partial charge in [-0.2, -0.15) is 0 Å². The molecule has 2 saturated heterocycles. The third kappa shape index (κ3) is 3.70. The highest BCUT2D eigenvalue weighted by atomic mass is 16.5. The number of amides is 1. The molecule has 2 aliphatic rings. The highest BCUT2D eigenvalue weighted by molar-refractivity contribution is 5.83. The van der Waals surface area contributed by atoms with Gasteiger partial charge in [0.2, 0.25) is 17.7 Å². The van der Waals surface area contributed by atoms with E-state index in [-0.39, 0.29) is 24.0 Å². The van der Waals surface area contributed by atoms with Gasteiger partial charge in [0.25, 0.3) is 0 Å². The van der Waals surface area contributed by atoms with Crippen LogP contribution in [0.15, 0.2) is 4.42 Å². The first-order chi connectivity index (χ1) is 11.0. The van der Waals surface area contributed by atoms with E-state index >= 15 is 0 Å². The summed E-state index contributed by atoms with van der Waals surface area (Å²) in [5.74, 6) is 1.43. The minimum Gasteiger partial charge on any atom is -0.422 e. The lowest BCUT2D eigenvalue weighted by Gasteiger charge is -2.42. The van der Waals surface area contributed by atoms with E-state index < -0.39 is 0 Å². The second kappa shape index (κ2) is 6.94. The highest BCUT2D eigenvalue weighted by Crippen LogP contribution is 2.18. The Morgan fingerprint density at radius 2 is 2.17 bits per heavy atom. The zero-order chi connectivity index (χ0) is 16.4. The Morgan fingerprint density at radius 1 is 1.39 bits per heavy atom. The molecule has 2 fully saturated rings. The van der Waals surface area contributed by atoms with Gasteiger partial charge in [-0.05, 0) is 7.05 Å². The van der Waals surface area contributed by atoms with Crippen LogP contribution in [-0.4, -0.2) is 77.9 Å². The molecule has 0 aliphatic carbocycles. The number of likely N-dealkylation sites (N-methyl/N-ethyl adjacent to an activating group) is 1. The van der Waals surface area contributed by atoms with Crippen molar-refractivity contribution >= 4 is 5.91 Å². The van der Waals surface area contributed by atoms with Crippen molar-refractivity contribution in [3.63, 3.8) is 0 Å². The third-order valence-corrected chi connectivity index (χ3v) is 4.26. The molecule has 0 bridgehead atoms. The lowest BCUT2D eigenvalue weighted by Crippen LogP contribution is -2.61. The second-order valence-electron chi connectivity index (χ2n) is 6.44. The van der Waals surface area contributed by atoms with Crippen LogP contribution in [0.25, 0.3) is 0 Å². The molecule has 1 aromatic heterocycles. The van der Waals surface area contributed by atoms with Crippen LogP contribution in [0.1, 0.15) is 31.5 Å². The molecule has 1 atom stereocenters. The Kier molecular flexibility index (Phi) is 4.93. The number of carbonyl (C=O) groups is 1. The second-order valence-corrected chi connectivity index (χ2v) is 6.44. The summed E-state index contributed by atoms with van der Waals surface area (Å²) in [7, 11) is 1.96. The molecule has 1 aromatic rings. The summed E-state index contributed by atoms with van der Waals surface area (Å²) in [5, 5.41) is 7.93. The van der Waals surface area contributed by atoms with Gasteiger partial charge in [0.15, 0.2) is 0 Å². The van der Waals surface area contributed by atoms with Gasteiger partial charge < -0.3 is 18.8 Å². The minimum atomic E-state index is -0.172. The number of carbonyl (C=O) groups excluding carboxylic acids is 1. The largest absolute Gasteiger partial charge is 0.422 e. The molecule has 0 spiro atoms. The summed E-state index contributed by atoms with van der Waals surface area (Å²) in [4.78, 5) is 16.3. The molecule has 0 radical (unpaired) electrons. The summed E-state index contributed by atoms with van der Waals surface area (Å²) >= 11 is 0. The quantitative estimate of drug-likeness (QED) is 0.768. The van der Waals surface area contributed by atoms with E-state index in [2.05, 4.69) is 10.2 Å². The monoisotopic (exact) mass is 324 g/mol. The van der Waals surface area contributed by atoms with Gasteiger partial charge >= 0.3 is 0 Å². The summed E-state index contributed by atoms with van der Waals surface area (Å²) < 4.78 is 16.6. The first-order valence-electron chi connectivity index (χ1n) is 8.05. The third-order valence-electron chi connectivity index (χ3n) is 4.26. The van der Waals surface area contributed by atoms with Gasteiger partial charge in [0.1, 0.15) is 12.6 Å². The normalized spacial score (nSPS) is 23.3. The topological polar surface area (TPSA) is 80.9 Å². The van der Waals surface area contributed by atoms with Gasteiger partial charge in [-0.25, -0.2) is 0 Å². The molecule has 23 heavy (non-hydrogen) atoms. The van der Waals surface area contributed by atoms with Gasteiger partial charge in [0.05, 0.1) is 19.3 Å². The van der Waals surface area contributed by atoms with Crippen LogP contribution in [0.2, 0.25) is 0 Å². The zero-order valence-corrected chi connectivity index (χ0v) is 13.9. The Balaban J connectivity index is 1.41. The number of nitrogens with zero attached hydrogens (tertiary/aromatic N) is 4. The van der Waals surface area contributed by atoms with Crippen LogP contribution in [0, 0.1) is 0 Å². The van der Waals surface area contributed by atoms with Crippen LogP contribution >= 0.6 is 0 Å². The first-order valence-corrected chi connectivity index (χ1v) is 8.05. The van der Waals surface area contributed by atoms with E-state index in [1.165, 1.54) is 0 Å². The lowest BCUT2D eigenvalue weighted by molar-refractivity contribution is -0.156. The molecule has 3 rings (SSSR count). The molecular weight excluding hydrogens is 300 g/mol. The number of likely N-dealkylation sites (tertiary alicyclic amines) is 1. The van der Waals surface area contributed by atoms with Gasteiger partial charge in [0, 0.05) is 25.6 Å². The summed E-state index contributed by atoms with van der Waals surface area (Å²) in [6.45, 7) is 7.45. The van der Waals surface area contributed by atoms with Crippen molar-refractivity contribution in [3.8, 4) is 0 Å². The van der Waals surface area contributed by atoms with Crippen molar-refractivity contribution in [3.05, 3.63) is 11.8 Å². The highest BCUT2D eigenvalue weighted by Gasteiger charge is 2.37. The molecule has 1 unspecified atom stereocenters. The number of ether oxygens (including phenoxy) is 2. The minimum absolute atomic E-state index is 0.0307. The lowest BCUT2D eigenvalue weighted by atomic mass is 10.1. The van der Waals surface area contributed by atoms with Crippen LogP contribution in [0.3, 0.4) is 0 Å². The first kappa shape index (κ1) is 16.4. The maximum absolute atomic E-state index is 12.4. The molecule has 0 saturated carbocycles. The summed E-state index contributed by atoms with van der Waals surface area (Å²) in [5.41, 5.74) is 0. The van der Waals surface area contributed by atoms with Crippen molar-refractivity contribution < 1.29 is 18.7 Å². The van der Waals surface area contributed by atoms with Crippen LogP contribution in [0.5, 0.6) is 0 Å². The molecule has 3 heterocycles. The maximum atomic E-state index is 12.4. The Bertz CT molecular complexity index is 541. The van der Waals surface area contributed by atoms with E-state index in [1.807, 2.05) is 30.7 Å². The van der Waals surface area contributed by atoms with Crippen molar-refractivity contribution in [1.82, 2.24) is 20.0 Å². The van der Waals surface area contributed by atoms with Gasteiger partial charge in [-0.3, -0.25) is 9.69 Å². The van der Waals surface area contributed by atoms with E-state index in [9.17, 15) is 4.79 Å². The fourth-order valence-electron chi connectivity index (χ4n) is 2.63. The van der Waals surface area contributed by atoms with Crippen LogP contribution < -0.4 is 0 Å². The van der Waals surface area contributed by atoms with Gasteiger partial charge in [-0.15, -0.1) is 10.2 Å². The Labute approximate surface area is 135 Å². The summed E-state index contributed by atoms with van der Waals surface area (Å²) in [6, 6.07) is -0.172.